The maximum atomic E-state index is 11.7. The highest BCUT2D eigenvalue weighted by molar-refractivity contribution is 9.10. The molecule has 0 aliphatic carbocycles. The fraction of sp³-hybridized carbons (Fsp3) is 0.176. The van der Waals surface area contributed by atoms with Gasteiger partial charge in [-0.25, -0.2) is 9.78 Å². The molecule has 2 N–H and O–H groups in total. The summed E-state index contributed by atoms with van der Waals surface area (Å²) >= 11 is 3.47. The van der Waals surface area contributed by atoms with E-state index in [1.165, 1.54) is 0 Å². The Hall–Kier alpha value is -2.34. The number of carbonyl (C=O) groups excluding carboxylic acids is 1. The number of alkyl carbamates (subject to hydrolysis) is 1. The van der Waals surface area contributed by atoms with E-state index >= 15 is 0 Å². The molecule has 23 heavy (non-hydrogen) atoms. The number of aromatic nitrogens is 2. The van der Waals surface area contributed by atoms with Gasteiger partial charge in [-0.3, -0.25) is 0 Å². The largest absolute Gasteiger partial charge is 0.445 e. The van der Waals surface area contributed by atoms with E-state index < -0.39 is 6.09 Å². The topological polar surface area (TPSA) is 67.0 Å². The normalized spacial score (nSPS) is 10.7. The first kappa shape index (κ1) is 15.6. The standard InChI is InChI=1S/C17H16BrN3O2/c18-13-7-4-8-14-16(13)21-15(20-14)9-10-19-17(22)23-11-12-5-2-1-3-6-12/h1-8H,9-11H2,(H,19,22)(H,20,21). The quantitative estimate of drug-likeness (QED) is 0.714. The van der Waals surface area contributed by atoms with Gasteiger partial charge in [0.1, 0.15) is 17.9 Å². The molecule has 0 saturated heterocycles. The van der Waals surface area contributed by atoms with Crippen LogP contribution in [-0.4, -0.2) is 22.6 Å². The molecule has 0 aliphatic rings. The lowest BCUT2D eigenvalue weighted by Crippen LogP contribution is -2.26. The highest BCUT2D eigenvalue weighted by Crippen LogP contribution is 2.21. The second-order valence-electron chi connectivity index (χ2n) is 5.06. The van der Waals surface area contributed by atoms with E-state index in [-0.39, 0.29) is 6.61 Å². The number of halogens is 1. The minimum Gasteiger partial charge on any atom is -0.445 e. The van der Waals surface area contributed by atoms with Crippen molar-refractivity contribution >= 4 is 33.1 Å². The van der Waals surface area contributed by atoms with Gasteiger partial charge in [0.05, 0.1) is 5.52 Å². The summed E-state index contributed by atoms with van der Waals surface area (Å²) in [6.45, 7) is 0.731. The van der Waals surface area contributed by atoms with Crippen molar-refractivity contribution in [1.82, 2.24) is 15.3 Å². The summed E-state index contributed by atoms with van der Waals surface area (Å²) < 4.78 is 6.11. The first-order chi connectivity index (χ1) is 11.2. The van der Waals surface area contributed by atoms with Gasteiger partial charge in [0.25, 0.3) is 0 Å². The van der Waals surface area contributed by atoms with E-state index in [0.29, 0.717) is 13.0 Å². The van der Waals surface area contributed by atoms with Crippen LogP contribution in [0.3, 0.4) is 0 Å². The number of benzene rings is 2. The van der Waals surface area contributed by atoms with Crippen LogP contribution in [-0.2, 0) is 17.8 Å². The smallest absolute Gasteiger partial charge is 0.407 e. The molecule has 0 spiro atoms. The predicted molar refractivity (Wildman–Crippen MR) is 92.1 cm³/mol. The van der Waals surface area contributed by atoms with Gasteiger partial charge in [-0.05, 0) is 33.6 Å². The minimum atomic E-state index is -0.425. The molecular weight excluding hydrogens is 358 g/mol. The number of nitrogens with zero attached hydrogens (tertiary/aromatic N) is 1. The number of hydrogen-bond acceptors (Lipinski definition) is 3. The van der Waals surface area contributed by atoms with Crippen LogP contribution in [0.1, 0.15) is 11.4 Å². The Labute approximate surface area is 142 Å². The van der Waals surface area contributed by atoms with Crippen LogP contribution in [0, 0.1) is 0 Å². The molecule has 1 aromatic heterocycles. The Morgan fingerprint density at radius 2 is 2.00 bits per heavy atom. The second kappa shape index (κ2) is 7.28. The minimum absolute atomic E-state index is 0.268. The van der Waals surface area contributed by atoms with Gasteiger partial charge in [0.2, 0.25) is 0 Å². The lowest BCUT2D eigenvalue weighted by molar-refractivity contribution is 0.140. The molecule has 0 saturated carbocycles. The van der Waals surface area contributed by atoms with Crippen molar-refractivity contribution in [2.24, 2.45) is 0 Å². The highest BCUT2D eigenvalue weighted by Gasteiger charge is 2.07. The Kier molecular flexibility index (Phi) is 4.92. The van der Waals surface area contributed by atoms with Gasteiger partial charge in [-0.2, -0.15) is 0 Å². The summed E-state index contributed by atoms with van der Waals surface area (Å²) in [5.41, 5.74) is 2.83. The number of nitrogens with one attached hydrogen (secondary N) is 2. The number of hydrogen-bond donors (Lipinski definition) is 2. The molecule has 1 amide bonds. The number of carbonyl (C=O) groups is 1. The van der Waals surface area contributed by atoms with Crippen LogP contribution in [0.15, 0.2) is 53.0 Å². The molecule has 118 valence electrons. The fourth-order valence-electron chi connectivity index (χ4n) is 2.22. The number of aromatic amines is 1. The Balaban J connectivity index is 1.46. The number of amides is 1. The number of para-hydroxylation sites is 1. The monoisotopic (exact) mass is 373 g/mol. The molecule has 5 nitrogen and oxygen atoms in total. The maximum absolute atomic E-state index is 11.7. The van der Waals surface area contributed by atoms with Crippen molar-refractivity contribution in [3.63, 3.8) is 0 Å². The van der Waals surface area contributed by atoms with Crippen LogP contribution in [0.5, 0.6) is 0 Å². The first-order valence-electron chi connectivity index (χ1n) is 7.30. The highest BCUT2D eigenvalue weighted by atomic mass is 79.9. The summed E-state index contributed by atoms with van der Waals surface area (Å²) in [5.74, 6) is 0.829. The molecule has 0 aliphatic heterocycles. The van der Waals surface area contributed by atoms with E-state index in [1.807, 2.05) is 48.5 Å². The Morgan fingerprint density at radius 3 is 2.78 bits per heavy atom. The lowest BCUT2D eigenvalue weighted by Gasteiger charge is -2.06. The number of H-pyrrole nitrogens is 1. The third-order valence-electron chi connectivity index (χ3n) is 3.36. The fourth-order valence-corrected chi connectivity index (χ4v) is 2.68. The van der Waals surface area contributed by atoms with Crippen LogP contribution in [0.25, 0.3) is 11.0 Å². The number of imidazole rings is 1. The van der Waals surface area contributed by atoms with Gasteiger partial charge in [0, 0.05) is 17.4 Å². The van der Waals surface area contributed by atoms with Crippen LogP contribution in [0.2, 0.25) is 0 Å². The molecule has 3 aromatic rings. The Morgan fingerprint density at radius 1 is 1.17 bits per heavy atom. The molecule has 3 rings (SSSR count). The number of ether oxygens (including phenoxy) is 1. The number of rotatable bonds is 5. The van der Waals surface area contributed by atoms with Gasteiger partial charge in [0.15, 0.2) is 0 Å². The average molecular weight is 374 g/mol. The number of fused-ring (bicyclic) bond motifs is 1. The van der Waals surface area contributed by atoms with E-state index in [4.69, 9.17) is 4.74 Å². The SMILES string of the molecule is O=C(NCCc1nc2c(Br)cccc2[nH]1)OCc1ccccc1. The molecule has 0 bridgehead atoms. The van der Waals surface area contributed by atoms with E-state index in [9.17, 15) is 4.79 Å². The molecule has 0 radical (unpaired) electrons. The molecule has 2 aromatic carbocycles. The van der Waals surface area contributed by atoms with Gasteiger partial charge in [-0.1, -0.05) is 36.4 Å². The average Bonchev–Trinajstić information content (AvgIpc) is 2.98. The van der Waals surface area contributed by atoms with Gasteiger partial charge in [-0.15, -0.1) is 0 Å². The van der Waals surface area contributed by atoms with Crippen molar-refractivity contribution in [3.05, 3.63) is 64.4 Å². The van der Waals surface area contributed by atoms with Crippen molar-refractivity contribution in [3.8, 4) is 0 Å². The summed E-state index contributed by atoms with van der Waals surface area (Å²) in [6.07, 6.45) is 0.188. The summed E-state index contributed by atoms with van der Waals surface area (Å²) in [5, 5.41) is 2.73. The molecular formula is C17H16BrN3O2. The van der Waals surface area contributed by atoms with Crippen LogP contribution >= 0.6 is 15.9 Å². The zero-order valence-corrected chi connectivity index (χ0v) is 14.0. The van der Waals surface area contributed by atoms with Crippen LogP contribution in [0.4, 0.5) is 4.79 Å². The van der Waals surface area contributed by atoms with Crippen molar-refractivity contribution in [1.29, 1.82) is 0 Å². The van der Waals surface area contributed by atoms with Crippen molar-refractivity contribution < 1.29 is 9.53 Å². The van der Waals surface area contributed by atoms with E-state index in [0.717, 1.165) is 26.9 Å². The Bertz CT molecular complexity index is 802. The molecule has 0 atom stereocenters. The maximum Gasteiger partial charge on any atom is 0.407 e. The summed E-state index contributed by atoms with van der Waals surface area (Å²) in [6, 6.07) is 15.5. The predicted octanol–water partition coefficient (Wildman–Crippen LogP) is 3.79. The van der Waals surface area contributed by atoms with E-state index in [1.54, 1.807) is 0 Å². The zero-order chi connectivity index (χ0) is 16.1. The molecule has 0 unspecified atom stereocenters. The molecule has 1 heterocycles. The summed E-state index contributed by atoms with van der Waals surface area (Å²) in [7, 11) is 0. The van der Waals surface area contributed by atoms with E-state index in [2.05, 4.69) is 31.2 Å². The third-order valence-corrected chi connectivity index (χ3v) is 4.00. The molecule has 6 heteroatoms. The zero-order valence-electron chi connectivity index (χ0n) is 12.4. The van der Waals surface area contributed by atoms with Crippen molar-refractivity contribution in [2.75, 3.05) is 6.54 Å². The second-order valence-corrected chi connectivity index (χ2v) is 5.91. The lowest BCUT2D eigenvalue weighted by atomic mass is 10.2. The van der Waals surface area contributed by atoms with Gasteiger partial charge < -0.3 is 15.0 Å². The van der Waals surface area contributed by atoms with Crippen LogP contribution < -0.4 is 5.32 Å². The van der Waals surface area contributed by atoms with Gasteiger partial charge >= 0.3 is 6.09 Å². The van der Waals surface area contributed by atoms with Crippen molar-refractivity contribution in [2.45, 2.75) is 13.0 Å². The summed E-state index contributed by atoms with van der Waals surface area (Å²) in [4.78, 5) is 19.4. The first-order valence-corrected chi connectivity index (χ1v) is 8.09. The third kappa shape index (κ3) is 4.10. The molecule has 0 fully saturated rings.